The molecule has 4 rings (SSSR count). The van der Waals surface area contributed by atoms with Gasteiger partial charge in [-0.05, 0) is 42.3 Å². The second-order valence-electron chi connectivity index (χ2n) is 6.83. The smallest absolute Gasteiger partial charge is 0.130 e. The second kappa shape index (κ2) is 6.22. The predicted octanol–water partition coefficient (Wildman–Crippen LogP) is 5.34. The van der Waals surface area contributed by atoms with Crippen LogP contribution in [0.5, 0.6) is 5.75 Å². The monoisotopic (exact) mass is 328 g/mol. The average molecular weight is 328 g/mol. The van der Waals surface area contributed by atoms with Gasteiger partial charge in [0.2, 0.25) is 0 Å². The Balaban J connectivity index is 1.78. The predicted molar refractivity (Wildman–Crippen MR) is 99.3 cm³/mol. The summed E-state index contributed by atoms with van der Waals surface area (Å²) >= 11 is 0. The van der Waals surface area contributed by atoms with Crippen LogP contribution in [0.2, 0.25) is 0 Å². The van der Waals surface area contributed by atoms with Crippen LogP contribution in [0.3, 0.4) is 0 Å². The van der Waals surface area contributed by atoms with E-state index in [0.29, 0.717) is 11.0 Å². The highest BCUT2D eigenvalue weighted by Crippen LogP contribution is 2.49. The van der Waals surface area contributed by atoms with Crippen LogP contribution in [0.1, 0.15) is 31.7 Å². The quantitative estimate of drug-likeness (QED) is 0.635. The van der Waals surface area contributed by atoms with Crippen LogP contribution in [-0.2, 0) is 0 Å². The molecule has 25 heavy (non-hydrogen) atoms. The zero-order valence-electron chi connectivity index (χ0n) is 14.3. The Bertz CT molecular complexity index is 967. The van der Waals surface area contributed by atoms with E-state index in [0.717, 1.165) is 40.7 Å². The molecule has 1 heterocycles. The molecule has 1 aliphatic carbocycles. The molecule has 124 valence electrons. The third-order valence-corrected chi connectivity index (χ3v) is 5.36. The van der Waals surface area contributed by atoms with Crippen molar-refractivity contribution < 1.29 is 4.74 Å². The van der Waals surface area contributed by atoms with Crippen molar-refractivity contribution in [2.24, 2.45) is 5.41 Å². The molecular formula is C22H20N2O. The van der Waals surface area contributed by atoms with Crippen molar-refractivity contribution in [3.05, 3.63) is 60.4 Å². The molecule has 0 spiro atoms. The number of pyridine rings is 1. The van der Waals surface area contributed by atoms with E-state index < -0.39 is 0 Å². The number of benzene rings is 2. The molecule has 0 atom stereocenters. The first-order valence-electron chi connectivity index (χ1n) is 8.75. The van der Waals surface area contributed by atoms with E-state index in [1.165, 1.54) is 12.8 Å². The normalized spacial score (nSPS) is 14.9. The molecule has 0 saturated heterocycles. The Kier molecular flexibility index (Phi) is 3.89. The first-order chi connectivity index (χ1) is 12.3. The maximum absolute atomic E-state index is 9.37. The van der Waals surface area contributed by atoms with Gasteiger partial charge in [0.25, 0.3) is 0 Å². The summed E-state index contributed by atoms with van der Waals surface area (Å²) in [5, 5.41) is 11.4. The fourth-order valence-electron chi connectivity index (χ4n) is 3.35. The highest BCUT2D eigenvalue weighted by molar-refractivity contribution is 6.00. The van der Waals surface area contributed by atoms with E-state index in [-0.39, 0.29) is 0 Å². The van der Waals surface area contributed by atoms with Crippen molar-refractivity contribution in [2.75, 3.05) is 6.61 Å². The van der Waals surface area contributed by atoms with Gasteiger partial charge in [-0.2, -0.15) is 5.26 Å². The van der Waals surface area contributed by atoms with Crippen molar-refractivity contribution in [2.45, 2.75) is 26.2 Å². The molecule has 0 aliphatic heterocycles. The number of hydrogen-bond donors (Lipinski definition) is 0. The number of hydrogen-bond acceptors (Lipinski definition) is 3. The first-order valence-corrected chi connectivity index (χ1v) is 8.75. The van der Waals surface area contributed by atoms with Crippen molar-refractivity contribution in [3.8, 4) is 22.9 Å². The van der Waals surface area contributed by atoms with Crippen LogP contribution in [0.15, 0.2) is 54.9 Å². The molecule has 3 aromatic rings. The molecule has 1 aromatic heterocycles. The van der Waals surface area contributed by atoms with Crippen LogP contribution in [0.25, 0.3) is 21.9 Å². The highest BCUT2D eigenvalue weighted by atomic mass is 16.5. The van der Waals surface area contributed by atoms with Crippen molar-refractivity contribution in [1.82, 2.24) is 4.98 Å². The Morgan fingerprint density at radius 3 is 2.60 bits per heavy atom. The molecule has 0 N–H and O–H groups in total. The lowest BCUT2D eigenvalue weighted by molar-refractivity contribution is 0.230. The lowest BCUT2D eigenvalue weighted by Gasteiger charge is -2.17. The maximum atomic E-state index is 9.37. The van der Waals surface area contributed by atoms with Crippen LogP contribution >= 0.6 is 0 Å². The first kappa shape index (κ1) is 15.7. The number of rotatable bonds is 5. The summed E-state index contributed by atoms with van der Waals surface area (Å²) in [5.74, 6) is 0.865. The fraction of sp³-hybridized carbons (Fsp3) is 0.273. The zero-order chi connectivity index (χ0) is 17.3. The molecule has 1 saturated carbocycles. The van der Waals surface area contributed by atoms with Gasteiger partial charge in [-0.1, -0.05) is 37.3 Å². The third kappa shape index (κ3) is 2.85. The number of ether oxygens (including phenoxy) is 1. The standard InChI is InChI=1S/C22H20N2O/c1-2-22(10-11-22)15-25-21-9-12-24-14-20(21)19-8-7-16(13-23)17-5-3-4-6-18(17)19/h3-9,12,14H,2,10-11,15H2,1H3. The molecule has 3 nitrogen and oxygen atoms in total. The lowest BCUT2D eigenvalue weighted by atomic mass is 9.96. The summed E-state index contributed by atoms with van der Waals surface area (Å²) in [6.45, 7) is 2.99. The molecule has 1 fully saturated rings. The van der Waals surface area contributed by atoms with Gasteiger partial charge in [0.05, 0.1) is 18.2 Å². The number of fused-ring (bicyclic) bond motifs is 1. The van der Waals surface area contributed by atoms with Gasteiger partial charge in [0.15, 0.2) is 0 Å². The Morgan fingerprint density at radius 1 is 1.08 bits per heavy atom. The Labute approximate surface area is 147 Å². The van der Waals surface area contributed by atoms with Crippen LogP contribution in [0, 0.1) is 16.7 Å². The van der Waals surface area contributed by atoms with Crippen LogP contribution in [0.4, 0.5) is 0 Å². The minimum atomic E-state index is 0.368. The van der Waals surface area contributed by atoms with Gasteiger partial charge in [-0.25, -0.2) is 0 Å². The van der Waals surface area contributed by atoms with E-state index in [2.05, 4.69) is 24.0 Å². The number of nitriles is 1. The topological polar surface area (TPSA) is 45.9 Å². The van der Waals surface area contributed by atoms with Crippen molar-refractivity contribution in [1.29, 1.82) is 5.26 Å². The van der Waals surface area contributed by atoms with E-state index in [9.17, 15) is 5.26 Å². The maximum Gasteiger partial charge on any atom is 0.130 e. The van der Waals surface area contributed by atoms with Gasteiger partial charge in [-0.15, -0.1) is 0 Å². The molecule has 0 amide bonds. The van der Waals surface area contributed by atoms with E-state index in [1.807, 2.05) is 42.6 Å². The van der Waals surface area contributed by atoms with Gasteiger partial charge in [-0.3, -0.25) is 4.98 Å². The van der Waals surface area contributed by atoms with Crippen LogP contribution in [-0.4, -0.2) is 11.6 Å². The minimum Gasteiger partial charge on any atom is -0.492 e. The van der Waals surface area contributed by atoms with E-state index in [4.69, 9.17) is 4.74 Å². The average Bonchev–Trinajstić information content (AvgIpc) is 3.46. The third-order valence-electron chi connectivity index (χ3n) is 5.36. The zero-order valence-corrected chi connectivity index (χ0v) is 14.3. The second-order valence-corrected chi connectivity index (χ2v) is 6.83. The van der Waals surface area contributed by atoms with Gasteiger partial charge < -0.3 is 4.74 Å². The summed E-state index contributed by atoms with van der Waals surface area (Å²) in [5.41, 5.74) is 3.09. The van der Waals surface area contributed by atoms with Crippen LogP contribution < -0.4 is 4.74 Å². The van der Waals surface area contributed by atoms with Crippen molar-refractivity contribution >= 4 is 10.8 Å². The Morgan fingerprint density at radius 2 is 1.88 bits per heavy atom. The number of nitrogens with zero attached hydrogens (tertiary/aromatic N) is 2. The van der Waals surface area contributed by atoms with Gasteiger partial charge in [0, 0.05) is 28.8 Å². The van der Waals surface area contributed by atoms with E-state index in [1.54, 1.807) is 6.20 Å². The summed E-state index contributed by atoms with van der Waals surface area (Å²) in [7, 11) is 0. The summed E-state index contributed by atoms with van der Waals surface area (Å²) in [6.07, 6.45) is 7.30. The van der Waals surface area contributed by atoms with Crippen molar-refractivity contribution in [3.63, 3.8) is 0 Å². The Hall–Kier alpha value is -2.86. The van der Waals surface area contributed by atoms with Gasteiger partial charge >= 0.3 is 0 Å². The summed E-state index contributed by atoms with van der Waals surface area (Å²) in [6, 6.07) is 16.1. The SMILES string of the molecule is CCC1(COc2ccncc2-c2ccc(C#N)c3ccccc23)CC1. The molecule has 1 aliphatic rings. The molecule has 3 heteroatoms. The molecule has 0 radical (unpaired) electrons. The summed E-state index contributed by atoms with van der Waals surface area (Å²) in [4.78, 5) is 4.31. The van der Waals surface area contributed by atoms with E-state index >= 15 is 0 Å². The molecule has 0 bridgehead atoms. The number of aromatic nitrogens is 1. The lowest BCUT2D eigenvalue weighted by Crippen LogP contribution is -2.12. The van der Waals surface area contributed by atoms with Gasteiger partial charge in [0.1, 0.15) is 5.75 Å². The summed E-state index contributed by atoms with van der Waals surface area (Å²) < 4.78 is 6.21. The molecular weight excluding hydrogens is 308 g/mol. The molecule has 2 aromatic carbocycles. The fourth-order valence-corrected chi connectivity index (χ4v) is 3.35. The highest BCUT2D eigenvalue weighted by Gasteiger charge is 2.41. The largest absolute Gasteiger partial charge is 0.492 e. The molecule has 0 unspecified atom stereocenters. The minimum absolute atomic E-state index is 0.368.